The Bertz CT molecular complexity index is 475. The lowest BCUT2D eigenvalue weighted by molar-refractivity contribution is 0.0693. The minimum Gasteiger partial charge on any atom is -0.477 e. The Morgan fingerprint density at radius 2 is 2.06 bits per heavy atom. The Balaban J connectivity index is 3.42. The van der Waals surface area contributed by atoms with Crippen molar-refractivity contribution in [2.75, 3.05) is 0 Å². The molecule has 2 N–H and O–H groups in total. The van der Waals surface area contributed by atoms with E-state index in [1.165, 1.54) is 6.92 Å². The third-order valence-electron chi connectivity index (χ3n) is 2.84. The predicted octanol–water partition coefficient (Wildman–Crippen LogP) is 1.46. The second kappa shape index (κ2) is 4.08. The highest BCUT2D eigenvalue weighted by Crippen LogP contribution is 2.22. The summed E-state index contributed by atoms with van der Waals surface area (Å²) in [6.07, 6.45) is 0.807. The first-order valence-electron chi connectivity index (χ1n) is 5.14. The van der Waals surface area contributed by atoms with E-state index in [9.17, 15) is 9.59 Å². The number of carbonyl (C=O) groups is 1. The van der Waals surface area contributed by atoms with E-state index in [0.717, 1.165) is 6.42 Å². The number of carboxylic acid groups (broad SMARTS) is 1. The molecule has 0 aromatic carbocycles. The number of aromatic nitrogens is 2. The maximum Gasteiger partial charge on any atom is 0.343 e. The van der Waals surface area contributed by atoms with Gasteiger partial charge in [-0.1, -0.05) is 20.8 Å². The van der Waals surface area contributed by atoms with Gasteiger partial charge in [-0.05, 0) is 13.3 Å². The summed E-state index contributed by atoms with van der Waals surface area (Å²) in [7, 11) is 0. The fourth-order valence-corrected chi connectivity index (χ4v) is 1.33. The summed E-state index contributed by atoms with van der Waals surface area (Å²) < 4.78 is 0. The maximum absolute atomic E-state index is 11.6. The third-order valence-corrected chi connectivity index (χ3v) is 2.84. The molecule has 0 amide bonds. The molecule has 0 radical (unpaired) electrons. The highest BCUT2D eigenvalue weighted by Gasteiger charge is 2.24. The molecule has 5 nitrogen and oxygen atoms in total. The van der Waals surface area contributed by atoms with Gasteiger partial charge in [-0.15, -0.1) is 0 Å². The number of carboxylic acids is 1. The van der Waals surface area contributed by atoms with Gasteiger partial charge in [0, 0.05) is 5.41 Å². The zero-order chi connectivity index (χ0) is 12.5. The van der Waals surface area contributed by atoms with Crippen molar-refractivity contribution < 1.29 is 9.90 Å². The number of nitrogens with zero attached hydrogens (tertiary/aromatic N) is 1. The number of hydrogen-bond acceptors (Lipinski definition) is 3. The molecule has 88 valence electrons. The molecule has 1 rings (SSSR count). The summed E-state index contributed by atoms with van der Waals surface area (Å²) >= 11 is 0. The average molecular weight is 224 g/mol. The van der Waals surface area contributed by atoms with Crippen molar-refractivity contribution in [2.24, 2.45) is 0 Å². The quantitative estimate of drug-likeness (QED) is 0.814. The lowest BCUT2D eigenvalue weighted by Gasteiger charge is -2.21. The number of aromatic carboxylic acids is 1. The highest BCUT2D eigenvalue weighted by molar-refractivity contribution is 5.88. The fraction of sp³-hybridized carbons (Fsp3) is 0.545. The maximum atomic E-state index is 11.6. The first-order valence-corrected chi connectivity index (χ1v) is 5.14. The molecule has 0 aliphatic heterocycles. The van der Waals surface area contributed by atoms with Crippen molar-refractivity contribution in [3.05, 3.63) is 27.4 Å². The monoisotopic (exact) mass is 224 g/mol. The van der Waals surface area contributed by atoms with Crippen LogP contribution in [-0.2, 0) is 5.41 Å². The van der Waals surface area contributed by atoms with E-state index in [1.54, 1.807) is 0 Å². The molecular weight excluding hydrogens is 208 g/mol. The Morgan fingerprint density at radius 1 is 1.50 bits per heavy atom. The van der Waals surface area contributed by atoms with Gasteiger partial charge in [0.15, 0.2) is 0 Å². The molecular formula is C11H16N2O3. The Hall–Kier alpha value is -1.65. The van der Waals surface area contributed by atoms with Gasteiger partial charge < -0.3 is 10.1 Å². The zero-order valence-electron chi connectivity index (χ0n) is 9.92. The van der Waals surface area contributed by atoms with Gasteiger partial charge in [0.05, 0.1) is 5.69 Å². The number of aryl methyl sites for hydroxylation is 1. The van der Waals surface area contributed by atoms with Crippen LogP contribution < -0.4 is 5.56 Å². The predicted molar refractivity (Wildman–Crippen MR) is 59.9 cm³/mol. The average Bonchev–Trinajstić information content (AvgIpc) is 2.15. The van der Waals surface area contributed by atoms with Gasteiger partial charge in [-0.3, -0.25) is 4.79 Å². The summed E-state index contributed by atoms with van der Waals surface area (Å²) in [5, 5.41) is 8.84. The van der Waals surface area contributed by atoms with Crippen molar-refractivity contribution >= 4 is 5.97 Å². The molecule has 0 aliphatic rings. The Labute approximate surface area is 93.5 Å². The Kier molecular flexibility index (Phi) is 3.16. The van der Waals surface area contributed by atoms with Gasteiger partial charge in [0.25, 0.3) is 5.56 Å². The van der Waals surface area contributed by atoms with Gasteiger partial charge in [0.2, 0.25) is 0 Å². The molecule has 1 aromatic heterocycles. The summed E-state index contributed by atoms with van der Waals surface area (Å²) in [6, 6.07) is 0. The van der Waals surface area contributed by atoms with E-state index in [1.807, 2.05) is 20.8 Å². The molecule has 0 atom stereocenters. The highest BCUT2D eigenvalue weighted by atomic mass is 16.4. The van der Waals surface area contributed by atoms with Crippen molar-refractivity contribution in [1.29, 1.82) is 0 Å². The van der Waals surface area contributed by atoms with Gasteiger partial charge in [-0.25, -0.2) is 9.78 Å². The molecule has 0 saturated carbocycles. The summed E-state index contributed by atoms with van der Waals surface area (Å²) in [4.78, 5) is 29.1. The van der Waals surface area contributed by atoms with E-state index in [4.69, 9.17) is 5.11 Å². The second-order valence-electron chi connectivity index (χ2n) is 4.42. The molecule has 0 aliphatic carbocycles. The van der Waals surface area contributed by atoms with E-state index in [-0.39, 0.29) is 16.7 Å². The first-order chi connectivity index (χ1) is 7.29. The Morgan fingerprint density at radius 3 is 2.44 bits per heavy atom. The molecule has 16 heavy (non-hydrogen) atoms. The van der Waals surface area contributed by atoms with Gasteiger partial charge in [0.1, 0.15) is 11.4 Å². The molecule has 1 heterocycles. The van der Waals surface area contributed by atoms with E-state index >= 15 is 0 Å². The largest absolute Gasteiger partial charge is 0.477 e. The molecule has 0 spiro atoms. The van der Waals surface area contributed by atoms with Crippen molar-refractivity contribution in [2.45, 2.75) is 39.5 Å². The second-order valence-corrected chi connectivity index (χ2v) is 4.42. The summed E-state index contributed by atoms with van der Waals surface area (Å²) in [5.74, 6) is -0.713. The van der Waals surface area contributed by atoms with Crippen LogP contribution in [0.4, 0.5) is 0 Å². The topological polar surface area (TPSA) is 83.0 Å². The molecule has 0 fully saturated rings. The van der Waals surface area contributed by atoms with E-state index in [2.05, 4.69) is 9.97 Å². The SMILES string of the molecule is CCC(C)(C)c1nc(C)c(C(=O)O)c(=O)[nH]1. The minimum atomic E-state index is -1.24. The van der Waals surface area contributed by atoms with Crippen LogP contribution in [0.3, 0.4) is 0 Å². The minimum absolute atomic E-state index is 0.257. The molecule has 5 heteroatoms. The van der Waals surface area contributed by atoms with Crippen molar-refractivity contribution in [1.82, 2.24) is 9.97 Å². The zero-order valence-corrected chi connectivity index (χ0v) is 9.92. The fourth-order valence-electron chi connectivity index (χ4n) is 1.33. The number of nitrogens with one attached hydrogen (secondary N) is 1. The van der Waals surface area contributed by atoms with Crippen LogP contribution in [0.1, 0.15) is 49.1 Å². The first kappa shape index (κ1) is 12.4. The van der Waals surface area contributed by atoms with Gasteiger partial charge in [-0.2, -0.15) is 0 Å². The smallest absolute Gasteiger partial charge is 0.343 e. The normalized spacial score (nSPS) is 11.5. The van der Waals surface area contributed by atoms with Crippen LogP contribution in [0.5, 0.6) is 0 Å². The summed E-state index contributed by atoms with van der Waals surface area (Å²) in [6.45, 7) is 7.42. The van der Waals surface area contributed by atoms with E-state index < -0.39 is 11.5 Å². The lowest BCUT2D eigenvalue weighted by Crippen LogP contribution is -2.29. The molecule has 0 unspecified atom stereocenters. The number of aromatic amines is 1. The van der Waals surface area contributed by atoms with Crippen LogP contribution in [0.2, 0.25) is 0 Å². The van der Waals surface area contributed by atoms with Crippen molar-refractivity contribution in [3.63, 3.8) is 0 Å². The van der Waals surface area contributed by atoms with Gasteiger partial charge >= 0.3 is 5.97 Å². The molecule has 0 bridgehead atoms. The van der Waals surface area contributed by atoms with E-state index in [0.29, 0.717) is 5.82 Å². The standard InChI is InChI=1S/C11H16N2O3/c1-5-11(3,4)10-12-6(2)7(9(15)16)8(14)13-10/h5H2,1-4H3,(H,15,16)(H,12,13,14). The van der Waals surface area contributed by atoms with Crippen LogP contribution in [-0.4, -0.2) is 21.0 Å². The third kappa shape index (κ3) is 2.13. The van der Waals surface area contributed by atoms with Crippen LogP contribution in [0.15, 0.2) is 4.79 Å². The molecule has 0 saturated heterocycles. The number of H-pyrrole nitrogens is 1. The lowest BCUT2D eigenvalue weighted by atomic mass is 9.89. The molecule has 1 aromatic rings. The summed E-state index contributed by atoms with van der Waals surface area (Å²) in [5.41, 5.74) is -0.874. The number of rotatable bonds is 3. The van der Waals surface area contributed by atoms with Crippen molar-refractivity contribution in [3.8, 4) is 0 Å². The van der Waals surface area contributed by atoms with Crippen LogP contribution >= 0.6 is 0 Å². The number of hydrogen-bond donors (Lipinski definition) is 2. The van der Waals surface area contributed by atoms with Crippen LogP contribution in [0, 0.1) is 6.92 Å². The van der Waals surface area contributed by atoms with Crippen LogP contribution in [0.25, 0.3) is 0 Å².